The zero-order valence-corrected chi connectivity index (χ0v) is 12.0. The lowest BCUT2D eigenvalue weighted by Crippen LogP contribution is -2.32. The maximum absolute atomic E-state index is 12.8. The van der Waals surface area contributed by atoms with Crippen LogP contribution < -0.4 is 4.90 Å². The average Bonchev–Trinajstić information content (AvgIpc) is 3.21. The van der Waals surface area contributed by atoms with Gasteiger partial charge in [-0.2, -0.15) is 0 Å². The summed E-state index contributed by atoms with van der Waals surface area (Å²) in [6.07, 6.45) is 5.22. The number of benzene rings is 2. The fourth-order valence-electron chi connectivity index (χ4n) is 4.47. The number of carbonyl (C=O) groups excluding carboxylic acids is 2. The molecule has 108 valence electrons. The highest BCUT2D eigenvalue weighted by atomic mass is 16.2. The Balaban J connectivity index is 1.60. The van der Waals surface area contributed by atoms with Crippen LogP contribution in [0.3, 0.4) is 0 Å². The smallest absolute Gasteiger partial charge is 0.238 e. The van der Waals surface area contributed by atoms with Crippen molar-refractivity contribution in [3.05, 3.63) is 54.6 Å². The van der Waals surface area contributed by atoms with Crippen LogP contribution in [0.5, 0.6) is 0 Å². The van der Waals surface area contributed by atoms with E-state index in [4.69, 9.17) is 0 Å². The lowest BCUT2D eigenvalue weighted by atomic mass is 9.85. The van der Waals surface area contributed by atoms with Crippen molar-refractivity contribution in [1.82, 2.24) is 0 Å². The zero-order chi connectivity index (χ0) is 14.8. The molecule has 5 rings (SSSR count). The minimum absolute atomic E-state index is 0.0119. The van der Waals surface area contributed by atoms with E-state index in [0.29, 0.717) is 5.69 Å². The van der Waals surface area contributed by atoms with Crippen LogP contribution in [-0.2, 0) is 9.59 Å². The molecule has 2 aliphatic carbocycles. The highest BCUT2D eigenvalue weighted by Crippen LogP contribution is 2.53. The Kier molecular flexibility index (Phi) is 2.25. The van der Waals surface area contributed by atoms with Gasteiger partial charge >= 0.3 is 0 Å². The number of anilines is 1. The van der Waals surface area contributed by atoms with E-state index in [1.165, 1.54) is 4.90 Å². The summed E-state index contributed by atoms with van der Waals surface area (Å²) in [7, 11) is 0. The molecule has 1 saturated carbocycles. The monoisotopic (exact) mass is 289 g/mol. The predicted molar refractivity (Wildman–Crippen MR) is 84.2 cm³/mol. The first-order chi connectivity index (χ1) is 10.7. The topological polar surface area (TPSA) is 37.4 Å². The summed E-state index contributed by atoms with van der Waals surface area (Å²) in [6.45, 7) is 0. The summed E-state index contributed by atoms with van der Waals surface area (Å²) >= 11 is 0. The molecule has 1 aliphatic heterocycles. The third-order valence-corrected chi connectivity index (χ3v) is 5.46. The molecule has 3 nitrogen and oxygen atoms in total. The van der Waals surface area contributed by atoms with Crippen LogP contribution in [-0.4, -0.2) is 11.8 Å². The van der Waals surface area contributed by atoms with Gasteiger partial charge in [0.15, 0.2) is 0 Å². The van der Waals surface area contributed by atoms with E-state index in [1.807, 2.05) is 42.5 Å². The molecule has 2 fully saturated rings. The molecule has 2 aromatic rings. The third-order valence-electron chi connectivity index (χ3n) is 5.46. The minimum Gasteiger partial charge on any atom is -0.274 e. The number of nitrogens with zero attached hydrogens (tertiary/aromatic N) is 1. The van der Waals surface area contributed by atoms with E-state index in [1.54, 1.807) is 0 Å². The van der Waals surface area contributed by atoms with Gasteiger partial charge in [0.1, 0.15) is 0 Å². The predicted octanol–water partition coefficient (Wildman–Crippen LogP) is 3.15. The molecule has 0 aromatic heterocycles. The molecular weight excluding hydrogens is 274 g/mol. The standard InChI is InChI=1S/C19H15NO2/c21-18-16-13-5-6-14(9-13)17(16)19(22)20(18)15-8-7-11-3-1-2-4-12(11)10-15/h1-8,10,13-14,16-17H,9H2/t13-,14+,16-,17+. The van der Waals surface area contributed by atoms with E-state index in [9.17, 15) is 9.59 Å². The first kappa shape index (κ1) is 12.2. The van der Waals surface area contributed by atoms with Crippen molar-refractivity contribution in [2.45, 2.75) is 6.42 Å². The molecule has 3 heteroatoms. The van der Waals surface area contributed by atoms with E-state index < -0.39 is 0 Å². The fraction of sp³-hybridized carbons (Fsp3) is 0.263. The molecule has 0 unspecified atom stereocenters. The van der Waals surface area contributed by atoms with Gasteiger partial charge in [-0.3, -0.25) is 9.59 Å². The van der Waals surface area contributed by atoms with Crippen molar-refractivity contribution in [2.75, 3.05) is 4.90 Å². The Morgan fingerprint density at radius 3 is 2.14 bits per heavy atom. The van der Waals surface area contributed by atoms with Crippen LogP contribution in [0.1, 0.15) is 6.42 Å². The van der Waals surface area contributed by atoms with Crippen molar-refractivity contribution >= 4 is 28.3 Å². The molecule has 0 N–H and O–H groups in total. The van der Waals surface area contributed by atoms with Gasteiger partial charge < -0.3 is 0 Å². The van der Waals surface area contributed by atoms with Crippen LogP contribution >= 0.6 is 0 Å². The summed E-state index contributed by atoms with van der Waals surface area (Å²) in [5.74, 6) is 0.237. The molecule has 2 aromatic carbocycles. The number of fused-ring (bicyclic) bond motifs is 6. The number of imide groups is 1. The quantitative estimate of drug-likeness (QED) is 0.597. The largest absolute Gasteiger partial charge is 0.274 e. The molecular formula is C19H15NO2. The second-order valence-corrected chi connectivity index (χ2v) is 6.54. The van der Waals surface area contributed by atoms with Gasteiger partial charge in [-0.1, -0.05) is 42.5 Å². The van der Waals surface area contributed by atoms with Crippen molar-refractivity contribution in [2.24, 2.45) is 23.7 Å². The first-order valence-electron chi connectivity index (χ1n) is 7.79. The molecule has 4 atom stereocenters. The number of carbonyl (C=O) groups is 2. The van der Waals surface area contributed by atoms with Crippen LogP contribution in [0.15, 0.2) is 54.6 Å². The average molecular weight is 289 g/mol. The minimum atomic E-state index is -0.131. The van der Waals surface area contributed by atoms with E-state index >= 15 is 0 Å². The Hall–Kier alpha value is -2.42. The number of allylic oxidation sites excluding steroid dienone is 2. The van der Waals surface area contributed by atoms with Gasteiger partial charge in [0.05, 0.1) is 17.5 Å². The summed E-state index contributed by atoms with van der Waals surface area (Å²) in [5, 5.41) is 2.17. The van der Waals surface area contributed by atoms with Gasteiger partial charge in [-0.25, -0.2) is 4.90 Å². The lowest BCUT2D eigenvalue weighted by molar-refractivity contribution is -0.123. The van der Waals surface area contributed by atoms with Crippen molar-refractivity contribution in [3.8, 4) is 0 Å². The molecule has 0 radical (unpaired) electrons. The normalized spacial score (nSPS) is 32.3. The Morgan fingerprint density at radius 2 is 1.45 bits per heavy atom. The summed E-state index contributed by atoms with van der Waals surface area (Å²) < 4.78 is 0. The van der Waals surface area contributed by atoms with Crippen LogP contribution in [0.25, 0.3) is 10.8 Å². The van der Waals surface area contributed by atoms with Gasteiger partial charge in [-0.05, 0) is 41.2 Å². The highest BCUT2D eigenvalue weighted by molar-refractivity contribution is 6.23. The van der Waals surface area contributed by atoms with E-state index in [-0.39, 0.29) is 35.5 Å². The van der Waals surface area contributed by atoms with E-state index in [0.717, 1.165) is 17.2 Å². The number of hydrogen-bond acceptors (Lipinski definition) is 2. The molecule has 2 amide bonds. The summed E-state index contributed by atoms with van der Waals surface area (Å²) in [5.41, 5.74) is 0.711. The molecule has 1 heterocycles. The fourth-order valence-corrected chi connectivity index (χ4v) is 4.47. The Morgan fingerprint density at radius 1 is 0.818 bits per heavy atom. The molecule has 3 aliphatic rings. The number of hydrogen-bond donors (Lipinski definition) is 0. The van der Waals surface area contributed by atoms with Gasteiger partial charge in [0.25, 0.3) is 0 Å². The molecule has 22 heavy (non-hydrogen) atoms. The Labute approximate surface area is 128 Å². The highest BCUT2D eigenvalue weighted by Gasteiger charge is 2.59. The first-order valence-corrected chi connectivity index (χ1v) is 7.79. The lowest BCUT2D eigenvalue weighted by Gasteiger charge is -2.17. The van der Waals surface area contributed by atoms with E-state index in [2.05, 4.69) is 12.2 Å². The molecule has 0 spiro atoms. The van der Waals surface area contributed by atoms with Crippen LogP contribution in [0.2, 0.25) is 0 Å². The Bertz CT molecular complexity index is 823. The maximum atomic E-state index is 12.8. The van der Waals surface area contributed by atoms with Gasteiger partial charge in [-0.15, -0.1) is 0 Å². The second-order valence-electron chi connectivity index (χ2n) is 6.54. The van der Waals surface area contributed by atoms with Crippen molar-refractivity contribution in [3.63, 3.8) is 0 Å². The van der Waals surface area contributed by atoms with Gasteiger partial charge in [0, 0.05) is 0 Å². The number of amides is 2. The zero-order valence-electron chi connectivity index (χ0n) is 12.0. The van der Waals surface area contributed by atoms with Crippen LogP contribution in [0, 0.1) is 23.7 Å². The van der Waals surface area contributed by atoms with Gasteiger partial charge in [0.2, 0.25) is 11.8 Å². The molecule has 2 bridgehead atoms. The number of rotatable bonds is 1. The second kappa shape index (κ2) is 4.07. The maximum Gasteiger partial charge on any atom is 0.238 e. The van der Waals surface area contributed by atoms with Crippen LogP contribution in [0.4, 0.5) is 5.69 Å². The summed E-state index contributed by atoms with van der Waals surface area (Å²) in [6, 6.07) is 13.8. The SMILES string of the molecule is O=C1[C@@H]2[C@H](C(=O)N1c1ccc3ccccc3c1)[C@@H]1C=C[C@H]2C1. The summed E-state index contributed by atoms with van der Waals surface area (Å²) in [4.78, 5) is 27.0. The third kappa shape index (κ3) is 1.41. The van der Waals surface area contributed by atoms with Crippen molar-refractivity contribution in [1.29, 1.82) is 0 Å². The van der Waals surface area contributed by atoms with Crippen molar-refractivity contribution < 1.29 is 9.59 Å². The molecule has 1 saturated heterocycles.